The topological polar surface area (TPSA) is 69.6 Å². The number of hydrogen-bond donors (Lipinski definition) is 2. The van der Waals surface area contributed by atoms with Gasteiger partial charge < -0.3 is 15.3 Å². The number of urea groups is 1. The molecule has 2 amide bonds. The van der Waals surface area contributed by atoms with Crippen LogP contribution in [-0.2, 0) is 4.79 Å². The molecule has 2 atom stereocenters. The van der Waals surface area contributed by atoms with Crippen molar-refractivity contribution in [2.45, 2.75) is 24.9 Å². The van der Waals surface area contributed by atoms with Crippen molar-refractivity contribution >= 4 is 35.5 Å². The van der Waals surface area contributed by atoms with Gasteiger partial charge in [0.1, 0.15) is 6.04 Å². The molecular weight excluding hydrogens is 260 g/mol. The number of carbonyl (C=O) groups is 2. The van der Waals surface area contributed by atoms with E-state index in [2.05, 4.69) is 5.32 Å². The number of thioether (sulfide) groups is 2. The summed E-state index contributed by atoms with van der Waals surface area (Å²) in [4.78, 5) is 24.3. The Bertz CT molecular complexity index is 308. The summed E-state index contributed by atoms with van der Waals surface area (Å²) in [5, 5.41) is 11.9. The third-order valence-electron chi connectivity index (χ3n) is 2.92. The van der Waals surface area contributed by atoms with Crippen molar-refractivity contribution in [3.8, 4) is 0 Å². The summed E-state index contributed by atoms with van der Waals surface area (Å²) in [5.74, 6) is 2.14. The van der Waals surface area contributed by atoms with Gasteiger partial charge in [0.15, 0.2) is 0 Å². The molecule has 2 aliphatic rings. The van der Waals surface area contributed by atoms with Crippen molar-refractivity contribution in [3.05, 3.63) is 0 Å². The summed E-state index contributed by atoms with van der Waals surface area (Å²) in [7, 11) is 0. The predicted octanol–water partition coefficient (Wildman–Crippen LogP) is 1.05. The molecule has 96 valence electrons. The fourth-order valence-corrected chi connectivity index (χ4v) is 4.18. The Kier molecular flexibility index (Phi) is 4.44. The molecule has 0 aromatic heterocycles. The highest BCUT2D eigenvalue weighted by Crippen LogP contribution is 2.22. The normalized spacial score (nSPS) is 29.1. The maximum absolute atomic E-state index is 12.0. The highest BCUT2D eigenvalue weighted by atomic mass is 32.2. The summed E-state index contributed by atoms with van der Waals surface area (Å²) < 4.78 is 0. The first kappa shape index (κ1) is 12.9. The monoisotopic (exact) mass is 276 g/mol. The van der Waals surface area contributed by atoms with E-state index in [4.69, 9.17) is 5.11 Å². The molecular formula is C10H16N2O3S2. The van der Waals surface area contributed by atoms with Crippen molar-refractivity contribution in [1.29, 1.82) is 0 Å². The number of nitrogens with zero attached hydrogens (tertiary/aromatic N) is 1. The number of carboxylic acid groups (broad SMARTS) is 1. The first-order chi connectivity index (χ1) is 8.18. The summed E-state index contributed by atoms with van der Waals surface area (Å²) in [6, 6.07) is -0.701. The lowest BCUT2D eigenvalue weighted by atomic mass is 10.2. The third-order valence-corrected chi connectivity index (χ3v) is 5.14. The van der Waals surface area contributed by atoms with E-state index in [9.17, 15) is 9.59 Å². The second-order valence-electron chi connectivity index (χ2n) is 4.19. The highest BCUT2D eigenvalue weighted by Gasteiger charge is 2.35. The van der Waals surface area contributed by atoms with E-state index in [1.165, 1.54) is 16.7 Å². The Morgan fingerprint density at radius 2 is 2.12 bits per heavy atom. The number of carbonyl (C=O) groups excluding carboxylic acids is 1. The van der Waals surface area contributed by atoms with Crippen molar-refractivity contribution < 1.29 is 14.7 Å². The van der Waals surface area contributed by atoms with Crippen molar-refractivity contribution in [1.82, 2.24) is 10.2 Å². The van der Waals surface area contributed by atoms with Gasteiger partial charge in [-0.25, -0.2) is 9.59 Å². The molecule has 2 heterocycles. The molecule has 0 aromatic carbocycles. The van der Waals surface area contributed by atoms with Crippen LogP contribution in [0.25, 0.3) is 0 Å². The number of aliphatic carboxylic acids is 1. The SMILES string of the molecule is O=C(O)C1CSCN1C(=O)NC1CCCSC1. The van der Waals surface area contributed by atoms with E-state index < -0.39 is 12.0 Å². The van der Waals surface area contributed by atoms with Crippen LogP contribution < -0.4 is 5.32 Å². The molecule has 2 saturated heterocycles. The minimum Gasteiger partial charge on any atom is -0.480 e. The zero-order valence-corrected chi connectivity index (χ0v) is 11.1. The van der Waals surface area contributed by atoms with Gasteiger partial charge in [-0.05, 0) is 18.6 Å². The molecule has 2 rings (SSSR count). The largest absolute Gasteiger partial charge is 0.480 e. The Labute approximate surface area is 109 Å². The summed E-state index contributed by atoms with van der Waals surface area (Å²) in [5.41, 5.74) is 0. The average molecular weight is 276 g/mol. The smallest absolute Gasteiger partial charge is 0.327 e. The zero-order valence-electron chi connectivity index (χ0n) is 9.42. The lowest BCUT2D eigenvalue weighted by Crippen LogP contribution is -2.50. The van der Waals surface area contributed by atoms with Crippen LogP contribution in [0.5, 0.6) is 0 Å². The van der Waals surface area contributed by atoms with E-state index >= 15 is 0 Å². The van der Waals surface area contributed by atoms with Crippen LogP contribution in [0.2, 0.25) is 0 Å². The van der Waals surface area contributed by atoms with Crippen molar-refractivity contribution in [2.24, 2.45) is 0 Å². The number of rotatable bonds is 2. The molecule has 2 aliphatic heterocycles. The van der Waals surface area contributed by atoms with Gasteiger partial charge >= 0.3 is 12.0 Å². The summed E-state index contributed by atoms with van der Waals surface area (Å²) in [6.45, 7) is 0. The summed E-state index contributed by atoms with van der Waals surface area (Å²) >= 11 is 3.33. The molecule has 2 fully saturated rings. The Balaban J connectivity index is 1.88. The van der Waals surface area contributed by atoms with Crippen molar-refractivity contribution in [2.75, 3.05) is 23.1 Å². The first-order valence-corrected chi connectivity index (χ1v) is 7.95. The fraction of sp³-hybridized carbons (Fsp3) is 0.800. The quantitative estimate of drug-likeness (QED) is 0.789. The second-order valence-corrected chi connectivity index (χ2v) is 6.34. The first-order valence-electron chi connectivity index (χ1n) is 5.64. The van der Waals surface area contributed by atoms with Crippen LogP contribution in [0.1, 0.15) is 12.8 Å². The molecule has 0 radical (unpaired) electrons. The second kappa shape index (κ2) is 5.86. The standard InChI is InChI=1S/C10H16N2O3S2/c13-9(14)8-5-17-6-12(8)10(15)11-7-2-1-3-16-4-7/h7-8H,1-6H2,(H,11,15)(H,13,14). The van der Waals surface area contributed by atoms with Gasteiger partial charge in [0.2, 0.25) is 0 Å². The average Bonchev–Trinajstić information content (AvgIpc) is 2.79. The zero-order chi connectivity index (χ0) is 12.3. The third kappa shape index (κ3) is 3.22. The van der Waals surface area contributed by atoms with Crippen LogP contribution in [0, 0.1) is 0 Å². The molecule has 5 nitrogen and oxygen atoms in total. The number of amides is 2. The van der Waals surface area contributed by atoms with Gasteiger partial charge in [0, 0.05) is 17.5 Å². The molecule has 2 N–H and O–H groups in total. The molecule has 0 aromatic rings. The molecule has 2 unspecified atom stereocenters. The Morgan fingerprint density at radius 3 is 2.76 bits per heavy atom. The van der Waals surface area contributed by atoms with Gasteiger partial charge in [0.25, 0.3) is 0 Å². The van der Waals surface area contributed by atoms with Crippen LogP contribution >= 0.6 is 23.5 Å². The molecule has 0 saturated carbocycles. The Hall–Kier alpha value is -0.560. The van der Waals surface area contributed by atoms with Crippen LogP contribution in [0.3, 0.4) is 0 Å². The number of carboxylic acids is 1. The molecule has 17 heavy (non-hydrogen) atoms. The molecule has 0 aliphatic carbocycles. The van der Waals surface area contributed by atoms with Gasteiger partial charge in [0.05, 0.1) is 5.88 Å². The number of hydrogen-bond acceptors (Lipinski definition) is 4. The van der Waals surface area contributed by atoms with Crippen molar-refractivity contribution in [3.63, 3.8) is 0 Å². The van der Waals surface area contributed by atoms with E-state index in [0.29, 0.717) is 11.6 Å². The van der Waals surface area contributed by atoms with Gasteiger partial charge in [-0.3, -0.25) is 0 Å². The van der Waals surface area contributed by atoms with Gasteiger partial charge in [-0.2, -0.15) is 11.8 Å². The van der Waals surface area contributed by atoms with E-state index in [-0.39, 0.29) is 12.1 Å². The Morgan fingerprint density at radius 1 is 1.29 bits per heavy atom. The molecule has 0 bridgehead atoms. The van der Waals surface area contributed by atoms with Crippen LogP contribution in [0.15, 0.2) is 0 Å². The van der Waals surface area contributed by atoms with Gasteiger partial charge in [-0.1, -0.05) is 0 Å². The van der Waals surface area contributed by atoms with Crippen LogP contribution in [-0.4, -0.2) is 57.2 Å². The highest BCUT2D eigenvalue weighted by molar-refractivity contribution is 7.99. The minimum absolute atomic E-state index is 0.196. The lowest BCUT2D eigenvalue weighted by Gasteiger charge is -2.27. The molecule has 7 heteroatoms. The van der Waals surface area contributed by atoms with E-state index in [0.717, 1.165) is 24.3 Å². The maximum Gasteiger partial charge on any atom is 0.327 e. The van der Waals surface area contributed by atoms with Crippen LogP contribution in [0.4, 0.5) is 4.79 Å². The molecule has 0 spiro atoms. The summed E-state index contributed by atoms with van der Waals surface area (Å²) in [6.07, 6.45) is 2.12. The lowest BCUT2D eigenvalue weighted by molar-refractivity contribution is -0.140. The predicted molar refractivity (Wildman–Crippen MR) is 69.5 cm³/mol. The maximum atomic E-state index is 12.0. The van der Waals surface area contributed by atoms with E-state index in [1.807, 2.05) is 11.8 Å². The fourth-order valence-electron chi connectivity index (χ4n) is 1.96. The number of nitrogens with one attached hydrogen (secondary N) is 1. The minimum atomic E-state index is -0.914. The van der Waals surface area contributed by atoms with Gasteiger partial charge in [-0.15, -0.1) is 11.8 Å². The van der Waals surface area contributed by atoms with E-state index in [1.54, 1.807) is 0 Å².